The molecule has 0 aliphatic carbocycles. The molecule has 2 N–H and O–H groups in total. The number of sulfonamides is 1. The van der Waals surface area contributed by atoms with E-state index in [2.05, 4.69) is 5.14 Å². The molecule has 0 spiro atoms. The summed E-state index contributed by atoms with van der Waals surface area (Å²) in [5.41, 5.74) is 0. The minimum Gasteiger partial charge on any atom is -0.228 e. The largest absolute Gasteiger partial charge is 0.228 e. The van der Waals surface area contributed by atoms with Crippen LogP contribution in [0.3, 0.4) is 0 Å². The molecule has 4 nitrogen and oxygen atoms in total. The molecule has 0 aromatic heterocycles. The lowest BCUT2D eigenvalue weighted by molar-refractivity contribution is 0.593. The Balaban J connectivity index is 4.34. The molecule has 0 radical (unpaired) electrons. The molecule has 8 heavy (non-hydrogen) atoms. The van der Waals surface area contributed by atoms with Gasteiger partial charge in [-0.05, 0) is 6.92 Å². The third-order valence-electron chi connectivity index (χ3n) is 0.675. The second kappa shape index (κ2) is 2.11. The first kappa shape index (κ1) is 7.40. The van der Waals surface area contributed by atoms with Crippen molar-refractivity contribution in [3.05, 3.63) is 0 Å². The molecule has 0 saturated carbocycles. The van der Waals surface area contributed by atoms with Crippen LogP contribution >= 0.6 is 0 Å². The normalized spacial score (nSPS) is 14.6. The van der Waals surface area contributed by atoms with E-state index in [9.17, 15) is 8.42 Å². The molecule has 0 aromatic rings. The summed E-state index contributed by atoms with van der Waals surface area (Å²) in [6.45, 7) is 1.23. The van der Waals surface area contributed by atoms with Crippen molar-refractivity contribution >= 4 is 10.0 Å². The van der Waals surface area contributed by atoms with Crippen molar-refractivity contribution < 1.29 is 8.42 Å². The minimum absolute atomic E-state index is 1.09. The van der Waals surface area contributed by atoms with Crippen LogP contribution in [0.2, 0.25) is 0 Å². The molecule has 0 aliphatic heterocycles. The number of nitrogens with zero attached hydrogens (tertiary/aromatic N) is 1. The van der Waals surface area contributed by atoms with Crippen molar-refractivity contribution in [2.75, 3.05) is 0 Å². The highest BCUT2D eigenvalue weighted by molar-refractivity contribution is 7.90. The predicted octanol–water partition coefficient (Wildman–Crippen LogP) is -0.813. The highest BCUT2D eigenvalue weighted by Gasteiger charge is 2.12. The molecule has 0 amide bonds. The zero-order chi connectivity index (χ0) is 6.78. The van der Waals surface area contributed by atoms with Crippen molar-refractivity contribution in [3.8, 4) is 6.07 Å². The molecular weight excluding hydrogens is 128 g/mol. The van der Waals surface area contributed by atoms with Crippen molar-refractivity contribution in [2.24, 2.45) is 5.14 Å². The van der Waals surface area contributed by atoms with Gasteiger partial charge < -0.3 is 0 Å². The highest BCUT2D eigenvalue weighted by Crippen LogP contribution is 1.88. The molecule has 1 atom stereocenters. The topological polar surface area (TPSA) is 83.9 Å². The van der Waals surface area contributed by atoms with Crippen LogP contribution in [-0.2, 0) is 10.0 Å². The van der Waals surface area contributed by atoms with Gasteiger partial charge in [0.15, 0.2) is 5.25 Å². The number of hydrogen-bond donors (Lipinski definition) is 1. The fourth-order valence-electron chi connectivity index (χ4n) is 0.0735. The summed E-state index contributed by atoms with van der Waals surface area (Å²) in [7, 11) is -3.61. The third-order valence-corrected chi connectivity index (χ3v) is 1.77. The van der Waals surface area contributed by atoms with Gasteiger partial charge in [0.05, 0.1) is 6.07 Å². The Morgan fingerprint density at radius 2 is 2.12 bits per heavy atom. The van der Waals surface area contributed by atoms with Gasteiger partial charge in [0.2, 0.25) is 10.0 Å². The second-order valence-corrected chi connectivity index (χ2v) is 3.25. The van der Waals surface area contributed by atoms with Gasteiger partial charge in [-0.3, -0.25) is 0 Å². The molecule has 5 heteroatoms. The first-order chi connectivity index (χ1) is 3.48. The maximum atomic E-state index is 10.1. The molecule has 0 aromatic carbocycles. The van der Waals surface area contributed by atoms with Gasteiger partial charge in [-0.1, -0.05) is 0 Å². The fraction of sp³-hybridized carbons (Fsp3) is 0.667. The van der Waals surface area contributed by atoms with E-state index in [1.165, 1.54) is 13.0 Å². The summed E-state index contributed by atoms with van der Waals surface area (Å²) in [6.07, 6.45) is 0. The lowest BCUT2D eigenvalue weighted by atomic mass is 10.5. The van der Waals surface area contributed by atoms with Gasteiger partial charge in [0.25, 0.3) is 0 Å². The molecule has 0 aliphatic rings. The monoisotopic (exact) mass is 134 g/mol. The lowest BCUT2D eigenvalue weighted by Gasteiger charge is -1.93. The minimum atomic E-state index is -3.61. The Bertz CT molecular complexity index is 200. The van der Waals surface area contributed by atoms with Crippen molar-refractivity contribution in [1.29, 1.82) is 5.26 Å². The van der Waals surface area contributed by atoms with E-state index in [1.54, 1.807) is 0 Å². The Morgan fingerprint density at radius 3 is 2.12 bits per heavy atom. The first-order valence-electron chi connectivity index (χ1n) is 1.89. The second-order valence-electron chi connectivity index (χ2n) is 1.36. The molecule has 0 heterocycles. The van der Waals surface area contributed by atoms with E-state index < -0.39 is 15.3 Å². The van der Waals surface area contributed by atoms with Gasteiger partial charge in [0, 0.05) is 0 Å². The quantitative estimate of drug-likeness (QED) is 0.508. The van der Waals surface area contributed by atoms with Crippen LogP contribution in [0.5, 0.6) is 0 Å². The molecule has 46 valence electrons. The van der Waals surface area contributed by atoms with Gasteiger partial charge in [0.1, 0.15) is 0 Å². The van der Waals surface area contributed by atoms with Crippen LogP contribution in [0.4, 0.5) is 0 Å². The maximum absolute atomic E-state index is 10.1. The third kappa shape index (κ3) is 1.91. The maximum Gasteiger partial charge on any atom is 0.225 e. The van der Waals surface area contributed by atoms with Gasteiger partial charge in [-0.15, -0.1) is 0 Å². The summed E-state index contributed by atoms with van der Waals surface area (Å²) >= 11 is 0. The molecule has 0 fully saturated rings. The Morgan fingerprint density at radius 1 is 1.75 bits per heavy atom. The van der Waals surface area contributed by atoms with E-state index in [1.807, 2.05) is 0 Å². The van der Waals surface area contributed by atoms with Crippen LogP contribution in [-0.4, -0.2) is 13.7 Å². The van der Waals surface area contributed by atoms with Crippen LogP contribution in [0, 0.1) is 11.3 Å². The number of rotatable bonds is 1. The number of nitriles is 1. The van der Waals surface area contributed by atoms with Crippen molar-refractivity contribution in [3.63, 3.8) is 0 Å². The van der Waals surface area contributed by atoms with E-state index in [0.717, 1.165) is 0 Å². The predicted molar refractivity (Wildman–Crippen MR) is 28.2 cm³/mol. The number of nitrogens with two attached hydrogens (primary N) is 1. The van der Waals surface area contributed by atoms with E-state index in [0.29, 0.717) is 0 Å². The van der Waals surface area contributed by atoms with Gasteiger partial charge >= 0.3 is 0 Å². The van der Waals surface area contributed by atoms with Gasteiger partial charge in [-0.2, -0.15) is 5.26 Å². The van der Waals surface area contributed by atoms with Crippen LogP contribution < -0.4 is 5.14 Å². The first-order valence-corrected chi connectivity index (χ1v) is 3.50. The Labute approximate surface area is 48.0 Å². The van der Waals surface area contributed by atoms with Gasteiger partial charge in [-0.25, -0.2) is 13.6 Å². The molecular formula is C3H6N2O2S. The van der Waals surface area contributed by atoms with Crippen LogP contribution in [0.25, 0.3) is 0 Å². The molecule has 1 unspecified atom stereocenters. The standard InChI is InChI=1S/C3H6N2O2S/c1-3(2-4)8(5,6)7/h3H,1H3,(H2,5,6,7). The summed E-state index contributed by atoms with van der Waals surface area (Å²) in [5.74, 6) is 0. The average molecular weight is 134 g/mol. The van der Waals surface area contributed by atoms with Crippen molar-refractivity contribution in [2.45, 2.75) is 12.2 Å². The lowest BCUT2D eigenvalue weighted by Crippen LogP contribution is -2.23. The van der Waals surface area contributed by atoms with Crippen molar-refractivity contribution in [1.82, 2.24) is 0 Å². The zero-order valence-electron chi connectivity index (χ0n) is 4.33. The number of primary sulfonamides is 1. The van der Waals surface area contributed by atoms with Crippen LogP contribution in [0.1, 0.15) is 6.92 Å². The summed E-state index contributed by atoms with van der Waals surface area (Å²) in [4.78, 5) is 0. The summed E-state index contributed by atoms with van der Waals surface area (Å²) < 4.78 is 20.2. The Kier molecular flexibility index (Phi) is 1.95. The van der Waals surface area contributed by atoms with E-state index in [-0.39, 0.29) is 0 Å². The molecule has 0 saturated heterocycles. The van der Waals surface area contributed by atoms with Crippen LogP contribution in [0.15, 0.2) is 0 Å². The van der Waals surface area contributed by atoms with E-state index in [4.69, 9.17) is 5.26 Å². The number of hydrogen-bond acceptors (Lipinski definition) is 3. The highest BCUT2D eigenvalue weighted by atomic mass is 32.2. The smallest absolute Gasteiger partial charge is 0.225 e. The zero-order valence-corrected chi connectivity index (χ0v) is 5.14. The fourth-order valence-corrected chi connectivity index (χ4v) is 0.220. The summed E-state index contributed by atoms with van der Waals surface area (Å²) in [5, 5.41) is 11.4. The Hall–Kier alpha value is -0.600. The summed E-state index contributed by atoms with van der Waals surface area (Å²) in [6, 6.07) is 1.49. The molecule has 0 rings (SSSR count). The molecule has 0 bridgehead atoms. The van der Waals surface area contributed by atoms with E-state index >= 15 is 0 Å². The SMILES string of the molecule is CC(C#N)S(N)(=O)=O. The average Bonchev–Trinajstić information content (AvgIpc) is 1.62.